The third-order valence-electron chi connectivity index (χ3n) is 5.75. The van der Waals surface area contributed by atoms with Crippen LogP contribution in [0.3, 0.4) is 0 Å². The van der Waals surface area contributed by atoms with Crippen LogP contribution >= 0.6 is 0 Å². The summed E-state index contributed by atoms with van der Waals surface area (Å²) < 4.78 is 11.4. The zero-order valence-corrected chi connectivity index (χ0v) is 15.1. The molecule has 3 rings (SSSR count). The number of hydrogen-bond acceptors (Lipinski definition) is 8. The largest absolute Gasteiger partial charge is 0.394 e. The minimum absolute atomic E-state index is 0.125. The van der Waals surface area contributed by atoms with E-state index in [4.69, 9.17) is 20.3 Å². The fourth-order valence-electron chi connectivity index (χ4n) is 4.16. The minimum atomic E-state index is -1.31. The molecule has 0 aromatic rings. The standard InChI is InChI=1S/C17H31N3O6/c1-19-11-6-17(24,7-11)16(23)20-10-2-9(18)3-12(4-10)25-15-5-13(22)14(8-21)26-15/h9-15,19,21-22,24H,2-8,18H2,1H3,(H,20,23)/t9?,10?,11?,12?,13-,14?,15?,17?/m0/s1. The molecule has 1 saturated heterocycles. The molecule has 0 radical (unpaired) electrons. The fraction of sp³-hybridized carbons (Fsp3) is 0.941. The molecule has 9 nitrogen and oxygen atoms in total. The SMILES string of the molecule is CNC1CC(O)(C(=O)NC2CC(N)CC(OC3C[C@H](O)C(CO)O3)C2)C1. The minimum Gasteiger partial charge on any atom is -0.394 e. The van der Waals surface area contributed by atoms with E-state index in [2.05, 4.69) is 10.6 Å². The predicted octanol–water partition coefficient (Wildman–Crippen LogP) is -2.05. The Balaban J connectivity index is 1.50. The van der Waals surface area contributed by atoms with Crippen LogP contribution in [-0.4, -0.2) is 83.2 Å². The number of aliphatic hydroxyl groups excluding tert-OH is 2. The number of hydrogen-bond donors (Lipinski definition) is 6. The molecular formula is C17H31N3O6. The van der Waals surface area contributed by atoms with E-state index in [1.54, 1.807) is 0 Å². The zero-order chi connectivity index (χ0) is 18.9. The van der Waals surface area contributed by atoms with E-state index in [1.807, 2.05) is 7.05 Å². The lowest BCUT2D eigenvalue weighted by molar-refractivity contribution is -0.177. The maximum absolute atomic E-state index is 12.4. The number of nitrogens with one attached hydrogen (secondary N) is 2. The number of ether oxygens (including phenoxy) is 2. The van der Waals surface area contributed by atoms with Crippen LogP contribution in [0.15, 0.2) is 0 Å². The van der Waals surface area contributed by atoms with E-state index >= 15 is 0 Å². The van der Waals surface area contributed by atoms with Crippen LogP contribution in [0.25, 0.3) is 0 Å². The second kappa shape index (κ2) is 8.05. The summed E-state index contributed by atoms with van der Waals surface area (Å²) in [5, 5.41) is 35.3. The third kappa shape index (κ3) is 4.36. The Morgan fingerprint density at radius 1 is 1.27 bits per heavy atom. The molecule has 0 aromatic carbocycles. The van der Waals surface area contributed by atoms with Crippen molar-refractivity contribution >= 4 is 5.91 Å². The van der Waals surface area contributed by atoms with Gasteiger partial charge in [0.05, 0.1) is 18.8 Å². The number of nitrogens with two attached hydrogens (primary N) is 1. The average molecular weight is 373 g/mol. The molecule has 6 atom stereocenters. The molecular weight excluding hydrogens is 342 g/mol. The number of amides is 1. The van der Waals surface area contributed by atoms with Gasteiger partial charge in [-0.3, -0.25) is 4.79 Å². The van der Waals surface area contributed by atoms with Crippen LogP contribution in [0.5, 0.6) is 0 Å². The number of rotatable bonds is 6. The lowest BCUT2D eigenvalue weighted by Gasteiger charge is -2.43. The third-order valence-corrected chi connectivity index (χ3v) is 5.75. The summed E-state index contributed by atoms with van der Waals surface area (Å²) in [5.74, 6) is -0.352. The molecule has 0 aromatic heterocycles. The first-order chi connectivity index (χ1) is 12.3. The first-order valence-electron chi connectivity index (χ1n) is 9.39. The Kier molecular flexibility index (Phi) is 6.18. The molecule has 1 aliphatic heterocycles. The van der Waals surface area contributed by atoms with E-state index < -0.39 is 24.1 Å². The predicted molar refractivity (Wildman–Crippen MR) is 92.0 cm³/mol. The lowest BCUT2D eigenvalue weighted by atomic mass is 9.74. The van der Waals surface area contributed by atoms with Crippen LogP contribution in [0.1, 0.15) is 38.5 Å². The number of carbonyl (C=O) groups excluding carboxylic acids is 1. The van der Waals surface area contributed by atoms with Crippen molar-refractivity contribution in [3.05, 3.63) is 0 Å². The molecule has 5 unspecified atom stereocenters. The summed E-state index contributed by atoms with van der Waals surface area (Å²) in [6.45, 7) is -0.254. The number of carbonyl (C=O) groups is 1. The highest BCUT2D eigenvalue weighted by Crippen LogP contribution is 2.33. The van der Waals surface area contributed by atoms with Crippen LogP contribution < -0.4 is 16.4 Å². The average Bonchev–Trinajstić information content (AvgIpc) is 2.90. The first-order valence-corrected chi connectivity index (χ1v) is 9.39. The van der Waals surface area contributed by atoms with Gasteiger partial charge >= 0.3 is 0 Å². The fourth-order valence-corrected chi connectivity index (χ4v) is 4.16. The van der Waals surface area contributed by atoms with Crippen molar-refractivity contribution < 1.29 is 29.6 Å². The van der Waals surface area contributed by atoms with Crippen molar-refractivity contribution in [3.63, 3.8) is 0 Å². The van der Waals surface area contributed by atoms with Gasteiger partial charge in [-0.1, -0.05) is 0 Å². The van der Waals surface area contributed by atoms with Gasteiger partial charge in [0.2, 0.25) is 0 Å². The monoisotopic (exact) mass is 373 g/mol. The van der Waals surface area contributed by atoms with Gasteiger partial charge in [0, 0.05) is 37.4 Å². The molecule has 3 aliphatic rings. The van der Waals surface area contributed by atoms with Gasteiger partial charge in [0.25, 0.3) is 5.91 Å². The molecule has 2 aliphatic carbocycles. The summed E-state index contributed by atoms with van der Waals surface area (Å²) in [5.41, 5.74) is 4.80. The number of aliphatic hydroxyl groups is 3. The van der Waals surface area contributed by atoms with Gasteiger partial charge in [-0.15, -0.1) is 0 Å². The molecule has 2 saturated carbocycles. The van der Waals surface area contributed by atoms with Crippen molar-refractivity contribution in [3.8, 4) is 0 Å². The van der Waals surface area contributed by atoms with Crippen LogP contribution in [0, 0.1) is 0 Å². The Morgan fingerprint density at radius 3 is 2.62 bits per heavy atom. The molecule has 150 valence electrons. The van der Waals surface area contributed by atoms with Crippen LogP contribution in [0.2, 0.25) is 0 Å². The molecule has 3 fully saturated rings. The van der Waals surface area contributed by atoms with Gasteiger partial charge < -0.3 is 41.2 Å². The Labute approximate surface area is 153 Å². The van der Waals surface area contributed by atoms with Gasteiger partial charge in [-0.05, 0) is 26.3 Å². The smallest absolute Gasteiger partial charge is 0.252 e. The van der Waals surface area contributed by atoms with Gasteiger partial charge in [0.15, 0.2) is 6.29 Å². The summed E-state index contributed by atoms with van der Waals surface area (Å²) >= 11 is 0. The maximum Gasteiger partial charge on any atom is 0.252 e. The van der Waals surface area contributed by atoms with Crippen LogP contribution in [-0.2, 0) is 14.3 Å². The van der Waals surface area contributed by atoms with E-state index in [-0.39, 0.29) is 36.7 Å². The molecule has 1 heterocycles. The van der Waals surface area contributed by atoms with E-state index in [0.717, 1.165) is 0 Å². The summed E-state index contributed by atoms with van der Waals surface area (Å²) in [4.78, 5) is 12.4. The van der Waals surface area contributed by atoms with E-state index in [9.17, 15) is 15.0 Å². The molecule has 0 bridgehead atoms. The normalized spacial score (nSPS) is 46.0. The maximum atomic E-state index is 12.4. The van der Waals surface area contributed by atoms with E-state index in [1.165, 1.54) is 0 Å². The van der Waals surface area contributed by atoms with Crippen LogP contribution in [0.4, 0.5) is 0 Å². The molecule has 7 N–H and O–H groups in total. The van der Waals surface area contributed by atoms with Crippen molar-refractivity contribution in [2.75, 3.05) is 13.7 Å². The molecule has 1 amide bonds. The second-order valence-corrected chi connectivity index (χ2v) is 7.91. The van der Waals surface area contributed by atoms with Gasteiger partial charge in [-0.2, -0.15) is 0 Å². The van der Waals surface area contributed by atoms with Gasteiger partial charge in [0.1, 0.15) is 11.7 Å². The van der Waals surface area contributed by atoms with E-state index in [0.29, 0.717) is 38.5 Å². The quantitative estimate of drug-likeness (QED) is 0.312. The Morgan fingerprint density at radius 2 is 2.00 bits per heavy atom. The van der Waals surface area contributed by atoms with Crippen molar-refractivity contribution in [1.82, 2.24) is 10.6 Å². The highest BCUT2D eigenvalue weighted by Gasteiger charge is 2.49. The molecule has 0 spiro atoms. The molecule has 9 heteroatoms. The van der Waals surface area contributed by atoms with Crippen molar-refractivity contribution in [2.24, 2.45) is 5.73 Å². The lowest BCUT2D eigenvalue weighted by Crippen LogP contribution is -2.63. The highest BCUT2D eigenvalue weighted by molar-refractivity contribution is 5.86. The Bertz CT molecular complexity index is 501. The zero-order valence-electron chi connectivity index (χ0n) is 15.1. The second-order valence-electron chi connectivity index (χ2n) is 7.91. The summed E-state index contributed by atoms with van der Waals surface area (Å²) in [6.07, 6.45) is 0.800. The highest BCUT2D eigenvalue weighted by atomic mass is 16.7. The summed E-state index contributed by atoms with van der Waals surface area (Å²) in [6, 6.07) is -0.130. The molecule has 26 heavy (non-hydrogen) atoms. The van der Waals surface area contributed by atoms with Crippen molar-refractivity contribution in [2.45, 2.75) is 86.9 Å². The topological polar surface area (TPSA) is 146 Å². The van der Waals surface area contributed by atoms with Crippen molar-refractivity contribution in [1.29, 1.82) is 0 Å². The first kappa shape index (κ1) is 19.9. The summed E-state index contributed by atoms with van der Waals surface area (Å²) in [7, 11) is 1.81. The van der Waals surface area contributed by atoms with Gasteiger partial charge in [-0.25, -0.2) is 0 Å². The Hall–Kier alpha value is -0.810.